The average Bonchev–Trinajstić information content (AvgIpc) is 2.59. The first-order valence-corrected chi connectivity index (χ1v) is 9.94. The summed E-state index contributed by atoms with van der Waals surface area (Å²) in [4.78, 5) is 11.8. The predicted molar refractivity (Wildman–Crippen MR) is 113 cm³/mol. The Morgan fingerprint density at radius 3 is 2.56 bits per heavy atom. The summed E-state index contributed by atoms with van der Waals surface area (Å²) in [6.07, 6.45) is 5.47. The van der Waals surface area contributed by atoms with Gasteiger partial charge in [-0.15, -0.1) is 11.6 Å². The predicted octanol–water partition coefficient (Wildman–Crippen LogP) is 4.82. The number of hydrogen-bond acceptors (Lipinski definition) is 4. The van der Waals surface area contributed by atoms with Gasteiger partial charge >= 0.3 is 5.97 Å². The molecule has 2 unspecified atom stereocenters. The third-order valence-electron chi connectivity index (χ3n) is 4.91. The zero-order chi connectivity index (χ0) is 20.1. The Hall–Kier alpha value is -1.94. The first-order valence-electron chi connectivity index (χ1n) is 9.50. The van der Waals surface area contributed by atoms with Gasteiger partial charge in [0.1, 0.15) is 0 Å². The van der Waals surface area contributed by atoms with E-state index in [2.05, 4.69) is 26.8 Å². The number of carbonyl (C=O) groups is 1. The normalized spacial score (nSPS) is 18.4. The van der Waals surface area contributed by atoms with Crippen molar-refractivity contribution in [3.05, 3.63) is 52.2 Å². The standard InChI is InChI=1S/C22H31ClN2O2/c1-13(2)7-17-11-19(23)12-18(21(17)25)9-14(3)8-16-10-15(22(26)27-4)5-6-20(16)24/h5-6,10-11,13-14,19H,7-9,12,24-25H2,1-4H3. The molecule has 0 radical (unpaired) electrons. The Morgan fingerprint density at radius 1 is 1.22 bits per heavy atom. The van der Waals surface area contributed by atoms with Gasteiger partial charge in [0.05, 0.1) is 18.1 Å². The molecular formula is C22H31ClN2O2. The van der Waals surface area contributed by atoms with Crippen molar-refractivity contribution in [1.82, 2.24) is 0 Å². The molecular weight excluding hydrogens is 360 g/mol. The van der Waals surface area contributed by atoms with E-state index in [9.17, 15) is 4.79 Å². The molecule has 27 heavy (non-hydrogen) atoms. The minimum Gasteiger partial charge on any atom is -0.465 e. The van der Waals surface area contributed by atoms with Crippen LogP contribution in [0.25, 0.3) is 0 Å². The van der Waals surface area contributed by atoms with E-state index < -0.39 is 0 Å². The number of ether oxygens (including phenoxy) is 1. The largest absolute Gasteiger partial charge is 0.465 e. The molecule has 0 fully saturated rings. The highest BCUT2D eigenvalue weighted by molar-refractivity contribution is 6.22. The highest BCUT2D eigenvalue weighted by Gasteiger charge is 2.21. The van der Waals surface area contributed by atoms with Gasteiger partial charge in [0.25, 0.3) is 0 Å². The number of esters is 1. The molecule has 0 saturated heterocycles. The Kier molecular flexibility index (Phi) is 7.37. The number of nitrogen functional groups attached to an aromatic ring is 1. The number of nitrogens with two attached hydrogens (primary N) is 2. The number of halogens is 1. The number of methoxy groups -OCH3 is 1. The van der Waals surface area contributed by atoms with E-state index in [4.69, 9.17) is 27.8 Å². The summed E-state index contributed by atoms with van der Waals surface area (Å²) in [6, 6.07) is 5.28. The van der Waals surface area contributed by atoms with E-state index >= 15 is 0 Å². The molecule has 0 bridgehead atoms. The van der Waals surface area contributed by atoms with E-state index in [1.807, 2.05) is 6.07 Å². The lowest BCUT2D eigenvalue weighted by Crippen LogP contribution is -2.18. The van der Waals surface area contributed by atoms with E-state index in [0.717, 1.165) is 36.9 Å². The molecule has 0 aromatic heterocycles. The van der Waals surface area contributed by atoms with Crippen LogP contribution in [0.4, 0.5) is 5.69 Å². The summed E-state index contributed by atoms with van der Waals surface area (Å²) < 4.78 is 4.80. The topological polar surface area (TPSA) is 78.3 Å². The van der Waals surface area contributed by atoms with Crippen molar-refractivity contribution in [2.24, 2.45) is 17.6 Å². The van der Waals surface area contributed by atoms with Crippen LogP contribution in [0.1, 0.15) is 56.0 Å². The lowest BCUT2D eigenvalue weighted by molar-refractivity contribution is 0.0600. The fourth-order valence-corrected chi connectivity index (χ4v) is 3.98. The Bertz CT molecular complexity index is 753. The van der Waals surface area contributed by atoms with Crippen molar-refractivity contribution in [3.8, 4) is 0 Å². The number of benzene rings is 1. The molecule has 0 spiro atoms. The zero-order valence-electron chi connectivity index (χ0n) is 16.7. The molecule has 0 saturated carbocycles. The minimum atomic E-state index is -0.350. The van der Waals surface area contributed by atoms with Crippen LogP contribution in [0.3, 0.4) is 0 Å². The molecule has 1 aromatic rings. The molecule has 4 nitrogen and oxygen atoms in total. The van der Waals surface area contributed by atoms with Crippen molar-refractivity contribution in [3.63, 3.8) is 0 Å². The van der Waals surface area contributed by atoms with Gasteiger partial charge in [-0.1, -0.05) is 26.8 Å². The van der Waals surface area contributed by atoms with Gasteiger partial charge in [-0.25, -0.2) is 4.79 Å². The first kappa shape index (κ1) is 21.4. The maximum Gasteiger partial charge on any atom is 0.337 e. The highest BCUT2D eigenvalue weighted by atomic mass is 35.5. The monoisotopic (exact) mass is 390 g/mol. The van der Waals surface area contributed by atoms with Crippen LogP contribution in [0.5, 0.6) is 0 Å². The summed E-state index contributed by atoms with van der Waals surface area (Å²) in [5, 5.41) is 0.000900. The summed E-state index contributed by atoms with van der Waals surface area (Å²) in [5.41, 5.74) is 18.0. The first-order chi connectivity index (χ1) is 12.7. The summed E-state index contributed by atoms with van der Waals surface area (Å²) in [5.74, 6) is 0.517. The van der Waals surface area contributed by atoms with Crippen LogP contribution < -0.4 is 11.5 Å². The number of alkyl halides is 1. The third-order valence-corrected chi connectivity index (χ3v) is 5.19. The lowest BCUT2D eigenvalue weighted by atomic mass is 9.84. The summed E-state index contributed by atoms with van der Waals surface area (Å²) in [7, 11) is 1.38. The number of carbonyl (C=O) groups excluding carboxylic acids is 1. The highest BCUT2D eigenvalue weighted by Crippen LogP contribution is 2.33. The molecule has 0 amide bonds. The summed E-state index contributed by atoms with van der Waals surface area (Å²) in [6.45, 7) is 6.55. The van der Waals surface area contributed by atoms with Crippen LogP contribution in [0.2, 0.25) is 0 Å². The van der Waals surface area contributed by atoms with Crippen LogP contribution in [-0.2, 0) is 11.2 Å². The third kappa shape index (κ3) is 5.77. The molecule has 0 heterocycles. The number of anilines is 1. The maximum absolute atomic E-state index is 11.8. The molecule has 2 atom stereocenters. The van der Waals surface area contributed by atoms with Crippen molar-refractivity contribution < 1.29 is 9.53 Å². The molecule has 1 aromatic carbocycles. The fraction of sp³-hybridized carbons (Fsp3) is 0.500. The average molecular weight is 391 g/mol. The van der Waals surface area contributed by atoms with Crippen molar-refractivity contribution in [1.29, 1.82) is 0 Å². The van der Waals surface area contributed by atoms with Crippen molar-refractivity contribution >= 4 is 23.3 Å². The Morgan fingerprint density at radius 2 is 1.93 bits per heavy atom. The van der Waals surface area contributed by atoms with E-state index in [-0.39, 0.29) is 11.3 Å². The van der Waals surface area contributed by atoms with E-state index in [1.165, 1.54) is 18.3 Å². The fourth-order valence-electron chi connectivity index (χ4n) is 3.65. The second-order valence-electron chi connectivity index (χ2n) is 7.95. The molecule has 0 aliphatic heterocycles. The van der Waals surface area contributed by atoms with Gasteiger partial charge in [0, 0.05) is 11.4 Å². The van der Waals surface area contributed by atoms with Gasteiger partial charge in [-0.05, 0) is 72.4 Å². The molecule has 5 heteroatoms. The number of rotatable bonds is 7. The Balaban J connectivity index is 2.14. The van der Waals surface area contributed by atoms with Crippen LogP contribution in [-0.4, -0.2) is 18.5 Å². The van der Waals surface area contributed by atoms with E-state index in [0.29, 0.717) is 23.1 Å². The molecule has 1 aliphatic carbocycles. The van der Waals surface area contributed by atoms with Gasteiger partial charge in [0.2, 0.25) is 0 Å². The molecule has 4 N–H and O–H groups in total. The Labute approximate surface area is 167 Å². The number of hydrogen-bond donors (Lipinski definition) is 2. The quantitative estimate of drug-likeness (QED) is 0.397. The smallest absolute Gasteiger partial charge is 0.337 e. The van der Waals surface area contributed by atoms with Gasteiger partial charge in [0.15, 0.2) is 0 Å². The molecule has 1 aliphatic rings. The van der Waals surface area contributed by atoms with Crippen molar-refractivity contribution in [2.45, 2.75) is 51.8 Å². The second-order valence-corrected chi connectivity index (χ2v) is 8.51. The maximum atomic E-state index is 11.8. The molecule has 148 valence electrons. The SMILES string of the molecule is COC(=O)c1ccc(N)c(CC(C)CC2=C(N)C(CC(C)C)=CC(Cl)C2)c1. The van der Waals surface area contributed by atoms with Gasteiger partial charge in [-0.3, -0.25) is 0 Å². The van der Waals surface area contributed by atoms with Crippen LogP contribution in [0.15, 0.2) is 41.1 Å². The lowest BCUT2D eigenvalue weighted by Gasteiger charge is -2.25. The second kappa shape index (κ2) is 9.32. The molecule has 2 rings (SSSR count). The van der Waals surface area contributed by atoms with Crippen LogP contribution in [0, 0.1) is 11.8 Å². The number of allylic oxidation sites excluding steroid dienone is 3. The van der Waals surface area contributed by atoms with E-state index in [1.54, 1.807) is 12.1 Å². The van der Waals surface area contributed by atoms with Gasteiger partial charge in [-0.2, -0.15) is 0 Å². The van der Waals surface area contributed by atoms with Gasteiger partial charge < -0.3 is 16.2 Å². The zero-order valence-corrected chi connectivity index (χ0v) is 17.5. The van der Waals surface area contributed by atoms with Crippen molar-refractivity contribution in [2.75, 3.05) is 12.8 Å². The van der Waals surface area contributed by atoms with Crippen LogP contribution >= 0.6 is 11.6 Å². The minimum absolute atomic E-state index is 0.000900. The summed E-state index contributed by atoms with van der Waals surface area (Å²) >= 11 is 6.46.